The first-order chi connectivity index (χ1) is 33.6. The number of hydrogen-bond donors (Lipinski definition) is 7. The molecule has 2 bridgehead atoms. The van der Waals surface area contributed by atoms with Gasteiger partial charge in [0.2, 0.25) is 12.0 Å². The van der Waals surface area contributed by atoms with E-state index in [1.165, 1.54) is 39.8 Å². The van der Waals surface area contributed by atoms with E-state index in [1.54, 1.807) is 39.0 Å². The number of benzene rings is 1. The largest absolute Gasteiger partial charge is 0.455 e. The molecule has 1 aromatic carbocycles. The van der Waals surface area contributed by atoms with Gasteiger partial charge in [0.1, 0.15) is 35.6 Å². The van der Waals surface area contributed by atoms with E-state index < -0.39 is 165 Å². The van der Waals surface area contributed by atoms with Crippen molar-refractivity contribution in [1.29, 1.82) is 0 Å². The Morgan fingerprint density at radius 2 is 1.59 bits per heavy atom. The zero-order chi connectivity index (χ0) is 55.0. The first kappa shape index (κ1) is 58.3. The maximum Gasteiger partial charge on any atom is 0.408 e. The molecule has 5 aliphatic rings. The van der Waals surface area contributed by atoms with Gasteiger partial charge in [0, 0.05) is 31.6 Å². The molecule has 3 saturated carbocycles. The molecule has 0 unspecified atom stereocenters. The highest BCUT2D eigenvalue weighted by Gasteiger charge is 2.78. The average molecular weight is 1050 g/mol. The number of carbonyl (C=O) groups is 8. The van der Waals surface area contributed by atoms with Gasteiger partial charge in [-0.3, -0.25) is 23.7 Å². The molecule has 1 saturated heterocycles. The number of ether oxygens (including phenoxy) is 7. The zero-order valence-corrected chi connectivity index (χ0v) is 42.9. The molecule has 0 spiro atoms. The van der Waals surface area contributed by atoms with E-state index in [0.29, 0.717) is 19.1 Å². The van der Waals surface area contributed by atoms with Crippen LogP contribution >= 0.6 is 0 Å². The van der Waals surface area contributed by atoms with Crippen molar-refractivity contribution in [1.82, 2.24) is 5.32 Å². The van der Waals surface area contributed by atoms with Crippen molar-refractivity contribution in [3.8, 4) is 0 Å². The van der Waals surface area contributed by atoms with Gasteiger partial charge in [-0.15, -0.1) is 0 Å². The van der Waals surface area contributed by atoms with Gasteiger partial charge in [0.25, 0.3) is 10.1 Å². The fourth-order valence-electron chi connectivity index (χ4n) is 10.4. The highest BCUT2D eigenvalue weighted by Crippen LogP contribution is 2.64. The molecule has 0 aromatic heterocycles. The minimum atomic E-state index is -3.67. The number of carbonyl (C=O) groups excluding carboxylic acids is 8. The third kappa shape index (κ3) is 12.7. The van der Waals surface area contributed by atoms with E-state index in [1.807, 2.05) is 0 Å². The van der Waals surface area contributed by atoms with Gasteiger partial charge in [-0.05, 0) is 83.1 Å². The van der Waals surface area contributed by atoms with E-state index >= 15 is 4.79 Å². The third-order valence-corrected chi connectivity index (χ3v) is 14.2. The summed E-state index contributed by atoms with van der Waals surface area (Å²) in [6.45, 7) is 10.4. The van der Waals surface area contributed by atoms with E-state index in [2.05, 4.69) is 5.32 Å². The van der Waals surface area contributed by atoms with E-state index in [-0.39, 0.29) is 36.2 Å². The minimum Gasteiger partial charge on any atom is -0.455 e. The van der Waals surface area contributed by atoms with Crippen molar-refractivity contribution in [2.24, 2.45) is 34.1 Å². The summed E-state index contributed by atoms with van der Waals surface area (Å²) in [5.74, 6) is -9.17. The average Bonchev–Trinajstić information content (AvgIpc) is 4.12. The molecule has 4 fully saturated rings. The molecule has 73 heavy (non-hydrogen) atoms. The van der Waals surface area contributed by atoms with Gasteiger partial charge in [0.15, 0.2) is 18.0 Å². The van der Waals surface area contributed by atoms with Crippen LogP contribution in [-0.2, 0) is 72.0 Å². The SMILES string of the molecule is CC(=O)O[C@@]12CO[C@@H]1C[C@H](O)[C@@]1(C)C(=O)[C@H](O)C3=C(C)[C@@H](OC(=O)[C@H](OC(=O)COC(=O)CC[C@H](N)C(N)=O)[C@@H](NC(=O)OC(C)(C)C)C4CC4)C[C@@](O)([C@@H](OC(=O)c4ccccc4)[C@H]21)C3(C)C.CS(=O)(=O)O. The molecule has 1 aliphatic heterocycles. The summed E-state index contributed by atoms with van der Waals surface area (Å²) in [4.78, 5) is 108. The van der Waals surface area contributed by atoms with Crippen LogP contribution in [-0.4, -0.2) is 161 Å². The van der Waals surface area contributed by atoms with E-state index in [4.69, 9.17) is 49.2 Å². The summed E-state index contributed by atoms with van der Waals surface area (Å²) in [6, 6.07) is 5.24. The second kappa shape index (κ2) is 21.7. The monoisotopic (exact) mass is 1050 g/mol. The van der Waals surface area contributed by atoms with Crippen LogP contribution in [0.3, 0.4) is 0 Å². The Bertz CT molecular complexity index is 2460. The number of rotatable bonds is 15. The molecule has 1 aromatic rings. The zero-order valence-electron chi connectivity index (χ0n) is 42.1. The quantitative estimate of drug-likeness (QED) is 0.0544. The normalized spacial score (nSPS) is 30.5. The van der Waals surface area contributed by atoms with Gasteiger partial charge < -0.3 is 65.3 Å². The summed E-state index contributed by atoms with van der Waals surface area (Å²) in [6.07, 6.45) is -11.0. The molecular weight excluding hydrogens is 987 g/mol. The van der Waals surface area contributed by atoms with Crippen molar-refractivity contribution < 1.29 is 99.8 Å². The van der Waals surface area contributed by atoms with Crippen molar-refractivity contribution >= 4 is 57.7 Å². The smallest absolute Gasteiger partial charge is 0.408 e. The van der Waals surface area contributed by atoms with Crippen LogP contribution in [0.1, 0.15) is 104 Å². The lowest BCUT2D eigenvalue weighted by molar-refractivity contribution is -0.346. The molecule has 24 nitrogen and oxygen atoms in total. The fourth-order valence-corrected chi connectivity index (χ4v) is 10.4. The molecular formula is C48H67N3O21S. The minimum absolute atomic E-state index is 0.0299. The highest BCUT2D eigenvalue weighted by atomic mass is 32.2. The van der Waals surface area contributed by atoms with Crippen LogP contribution in [0.15, 0.2) is 41.5 Å². The molecule has 406 valence electrons. The summed E-state index contributed by atoms with van der Waals surface area (Å²) in [7, 11) is -3.67. The Balaban J connectivity index is 0.00000188. The molecule has 1 heterocycles. The fraction of sp³-hybridized carbons (Fsp3) is 0.667. The Morgan fingerprint density at radius 1 is 0.986 bits per heavy atom. The summed E-state index contributed by atoms with van der Waals surface area (Å²) < 4.78 is 66.3. The topological polar surface area (TPSA) is 380 Å². The van der Waals surface area contributed by atoms with Crippen molar-refractivity contribution in [2.75, 3.05) is 19.5 Å². The highest BCUT2D eigenvalue weighted by molar-refractivity contribution is 7.85. The summed E-state index contributed by atoms with van der Waals surface area (Å²) >= 11 is 0. The molecule has 9 N–H and O–H groups in total. The number of aliphatic hydroxyl groups is 3. The second-order valence-corrected chi connectivity index (χ2v) is 22.4. The van der Waals surface area contributed by atoms with Crippen LogP contribution in [0.5, 0.6) is 0 Å². The van der Waals surface area contributed by atoms with E-state index in [0.717, 1.165) is 6.92 Å². The van der Waals surface area contributed by atoms with Crippen molar-refractivity contribution in [2.45, 2.75) is 159 Å². The van der Waals surface area contributed by atoms with E-state index in [9.17, 15) is 57.3 Å². The number of ketones is 1. The lowest BCUT2D eigenvalue weighted by Gasteiger charge is -2.67. The van der Waals surface area contributed by atoms with Crippen molar-refractivity contribution in [3.05, 3.63) is 47.0 Å². The lowest BCUT2D eigenvalue weighted by Crippen LogP contribution is -2.81. The number of alkyl carbamates (subject to hydrolysis) is 1. The number of fused-ring (bicyclic) bond motifs is 5. The molecule has 6 rings (SSSR count). The first-order valence-corrected chi connectivity index (χ1v) is 25.4. The van der Waals surface area contributed by atoms with Crippen molar-refractivity contribution in [3.63, 3.8) is 0 Å². The summed E-state index contributed by atoms with van der Waals surface area (Å²) in [5.41, 5.74) is 1.63. The molecule has 0 radical (unpaired) electrons. The van der Waals surface area contributed by atoms with Gasteiger partial charge in [-0.25, -0.2) is 19.2 Å². The standard InChI is InChI=1S/C47H63N3O18.CH4O3S/c1-22-27(64-41(59)35(33(24-14-15-24)50-42(60)68-43(3,4)5)65-31(54)20-62-30(53)17-16-26(48)39(49)57)19-47(61)38(66-40(58)25-12-10-9-11-13-25)36-45(8,37(56)34(55)32(22)44(47,6)7)28(52)18-29-46(36,21-63-29)67-23(2)51;1-5(2,3)4/h9-13,24,26-29,33-36,38,52,55,61H,14-21,48H2,1-8H3,(H2,49,57)(H,50,60);1H3,(H,2,3,4)/t26-,27-,28-,29+,33-,34+,35+,36-,38-,45+,46-,47+;/m0./s1. The summed E-state index contributed by atoms with van der Waals surface area (Å²) in [5, 5.41) is 40.5. The molecule has 2 amide bonds. The van der Waals surface area contributed by atoms with Crippen LogP contribution in [0.4, 0.5) is 4.79 Å². The number of Topliss-reactive ketones (excluding diaryl/α,β-unsaturated/α-hetero) is 1. The molecule has 25 heteroatoms. The predicted molar refractivity (Wildman–Crippen MR) is 250 cm³/mol. The van der Waals surface area contributed by atoms with Crippen LogP contribution in [0, 0.1) is 22.7 Å². The number of nitrogens with one attached hydrogen (secondary N) is 1. The maximum absolute atomic E-state index is 15.1. The Morgan fingerprint density at radius 3 is 2.11 bits per heavy atom. The number of primary amides is 1. The first-order valence-electron chi connectivity index (χ1n) is 23.5. The van der Waals surface area contributed by atoms with Crippen LogP contribution in [0.2, 0.25) is 0 Å². The third-order valence-electron chi connectivity index (χ3n) is 14.2. The van der Waals surface area contributed by atoms with Gasteiger partial charge in [-0.2, -0.15) is 8.42 Å². The second-order valence-electron chi connectivity index (χ2n) is 21.0. The number of amides is 2. The lowest BCUT2D eigenvalue weighted by atomic mass is 9.44. The Labute approximate surface area is 421 Å². The van der Waals surface area contributed by atoms with Gasteiger partial charge >= 0.3 is 35.9 Å². The predicted octanol–water partition coefficient (Wildman–Crippen LogP) is 0.488. The van der Waals surface area contributed by atoms with Gasteiger partial charge in [0.05, 0.1) is 47.9 Å². The Kier molecular flexibility index (Phi) is 17.4. The number of nitrogens with two attached hydrogens (primary N) is 2. The number of esters is 5. The number of hydrogen-bond acceptors (Lipinski definition) is 21. The van der Waals surface area contributed by atoms with Gasteiger partial charge in [-0.1, -0.05) is 32.0 Å². The van der Waals surface area contributed by atoms with Crippen LogP contribution in [0.25, 0.3) is 0 Å². The Hall–Kier alpha value is -5.57. The number of aliphatic hydroxyl groups excluding tert-OH is 2. The van der Waals surface area contributed by atoms with Crippen LogP contribution < -0.4 is 16.8 Å². The maximum atomic E-state index is 15.1. The molecule has 4 aliphatic carbocycles. The molecule has 12 atom stereocenters.